The average Bonchev–Trinajstić information content (AvgIpc) is 3.38. The van der Waals surface area contributed by atoms with Crippen LogP contribution in [0.1, 0.15) is 42.3 Å². The Labute approximate surface area is 210 Å². The van der Waals surface area contributed by atoms with E-state index >= 15 is 0 Å². The van der Waals surface area contributed by atoms with Crippen LogP contribution >= 0.6 is 11.3 Å². The van der Waals surface area contributed by atoms with Gasteiger partial charge in [-0.15, -0.1) is 5.10 Å². The van der Waals surface area contributed by atoms with Crippen LogP contribution in [0.25, 0.3) is 16.2 Å². The molecule has 1 aliphatic heterocycles. The molecule has 4 aromatic rings. The van der Waals surface area contributed by atoms with Crippen molar-refractivity contribution in [3.63, 3.8) is 0 Å². The van der Waals surface area contributed by atoms with Gasteiger partial charge in [0.25, 0.3) is 5.91 Å². The average molecular weight is 489 g/mol. The third kappa shape index (κ3) is 4.75. The molecular formula is C27H32N6OS. The molecule has 182 valence electrons. The van der Waals surface area contributed by atoms with Crippen LogP contribution in [-0.4, -0.2) is 57.1 Å². The fourth-order valence-corrected chi connectivity index (χ4v) is 5.29. The summed E-state index contributed by atoms with van der Waals surface area (Å²) >= 11 is 1.60. The molecule has 35 heavy (non-hydrogen) atoms. The van der Waals surface area contributed by atoms with Crippen LogP contribution in [0, 0.1) is 13.8 Å². The molecule has 0 radical (unpaired) electrons. The molecule has 1 saturated heterocycles. The van der Waals surface area contributed by atoms with E-state index in [1.165, 1.54) is 5.56 Å². The van der Waals surface area contributed by atoms with Gasteiger partial charge in [0.1, 0.15) is 5.69 Å². The van der Waals surface area contributed by atoms with Crippen LogP contribution in [0.15, 0.2) is 48.5 Å². The SMILES string of the molecule is Cc1ccc(C(=O)N2CCN(c3nn4c(NC(C)(C)C)c(-c5ccccc5C)nc4s3)CC2)cc1. The molecule has 0 aliphatic carbocycles. The van der Waals surface area contributed by atoms with Crippen molar-refractivity contribution in [2.75, 3.05) is 36.4 Å². The molecule has 1 fully saturated rings. The minimum atomic E-state index is -0.140. The van der Waals surface area contributed by atoms with Gasteiger partial charge in [-0.3, -0.25) is 4.79 Å². The fourth-order valence-electron chi connectivity index (χ4n) is 4.34. The Morgan fingerprint density at radius 3 is 2.31 bits per heavy atom. The van der Waals surface area contributed by atoms with E-state index in [0.717, 1.165) is 51.4 Å². The lowest BCUT2D eigenvalue weighted by molar-refractivity contribution is 0.0746. The number of amides is 1. The van der Waals surface area contributed by atoms with Gasteiger partial charge < -0.3 is 15.1 Å². The second kappa shape index (κ2) is 9.00. The topological polar surface area (TPSA) is 65.8 Å². The second-order valence-corrected chi connectivity index (χ2v) is 11.2. The monoisotopic (exact) mass is 488 g/mol. The van der Waals surface area contributed by atoms with E-state index in [0.29, 0.717) is 13.1 Å². The molecule has 0 unspecified atom stereocenters. The molecule has 1 aliphatic rings. The zero-order chi connectivity index (χ0) is 24.7. The van der Waals surface area contributed by atoms with Gasteiger partial charge in [0.15, 0.2) is 5.82 Å². The molecule has 0 spiro atoms. The molecule has 2 aromatic heterocycles. The predicted molar refractivity (Wildman–Crippen MR) is 144 cm³/mol. The molecule has 8 heteroatoms. The predicted octanol–water partition coefficient (Wildman–Crippen LogP) is 5.25. The van der Waals surface area contributed by atoms with E-state index in [9.17, 15) is 4.79 Å². The van der Waals surface area contributed by atoms with Crippen molar-refractivity contribution >= 4 is 33.2 Å². The molecule has 1 N–H and O–H groups in total. The Morgan fingerprint density at radius 2 is 1.66 bits per heavy atom. The van der Waals surface area contributed by atoms with Crippen molar-refractivity contribution in [1.29, 1.82) is 0 Å². The van der Waals surface area contributed by atoms with Gasteiger partial charge in [0, 0.05) is 42.8 Å². The number of benzene rings is 2. The normalized spacial score (nSPS) is 14.5. The molecule has 5 rings (SSSR count). The van der Waals surface area contributed by atoms with Gasteiger partial charge in [-0.1, -0.05) is 53.3 Å². The quantitative estimate of drug-likeness (QED) is 0.425. The van der Waals surface area contributed by atoms with Gasteiger partial charge >= 0.3 is 0 Å². The Balaban J connectivity index is 1.39. The highest BCUT2D eigenvalue weighted by Gasteiger charge is 2.27. The van der Waals surface area contributed by atoms with Crippen molar-refractivity contribution < 1.29 is 4.79 Å². The van der Waals surface area contributed by atoms with Crippen molar-refractivity contribution in [2.24, 2.45) is 0 Å². The highest BCUT2D eigenvalue weighted by molar-refractivity contribution is 7.20. The van der Waals surface area contributed by atoms with Crippen molar-refractivity contribution in [3.8, 4) is 11.3 Å². The number of hydrogen-bond acceptors (Lipinski definition) is 6. The molecular weight excluding hydrogens is 456 g/mol. The zero-order valence-electron chi connectivity index (χ0n) is 21.0. The first-order valence-electron chi connectivity index (χ1n) is 12.0. The Hall–Kier alpha value is -3.39. The third-order valence-electron chi connectivity index (χ3n) is 6.22. The van der Waals surface area contributed by atoms with E-state index in [4.69, 9.17) is 10.1 Å². The third-order valence-corrected chi connectivity index (χ3v) is 7.19. The molecule has 0 saturated carbocycles. The molecule has 1 amide bonds. The van der Waals surface area contributed by atoms with Gasteiger partial charge in [-0.2, -0.15) is 4.52 Å². The highest BCUT2D eigenvalue weighted by atomic mass is 32.1. The first kappa shape index (κ1) is 23.4. The minimum Gasteiger partial charge on any atom is -0.364 e. The summed E-state index contributed by atoms with van der Waals surface area (Å²) in [4.78, 5) is 23.0. The van der Waals surface area contributed by atoms with Crippen LogP contribution in [0.2, 0.25) is 0 Å². The lowest BCUT2D eigenvalue weighted by atomic mass is 10.0. The van der Waals surface area contributed by atoms with E-state index in [2.05, 4.69) is 50.0 Å². The van der Waals surface area contributed by atoms with E-state index < -0.39 is 0 Å². The first-order valence-corrected chi connectivity index (χ1v) is 12.9. The lowest BCUT2D eigenvalue weighted by Gasteiger charge is -2.34. The number of carbonyl (C=O) groups excluding carboxylic acids is 1. The van der Waals surface area contributed by atoms with E-state index in [1.54, 1.807) is 11.3 Å². The summed E-state index contributed by atoms with van der Waals surface area (Å²) in [6.07, 6.45) is 0. The van der Waals surface area contributed by atoms with Gasteiger partial charge in [-0.25, -0.2) is 4.98 Å². The maximum Gasteiger partial charge on any atom is 0.253 e. The second-order valence-electron chi connectivity index (χ2n) is 10.2. The Bertz CT molecular complexity index is 1360. The fraction of sp³-hybridized carbons (Fsp3) is 0.370. The maximum absolute atomic E-state index is 12.9. The molecule has 0 atom stereocenters. The van der Waals surface area contributed by atoms with Crippen LogP contribution in [0.5, 0.6) is 0 Å². The number of nitrogens with one attached hydrogen (secondary N) is 1. The summed E-state index contributed by atoms with van der Waals surface area (Å²) in [5, 5.41) is 9.53. The summed E-state index contributed by atoms with van der Waals surface area (Å²) in [5.74, 6) is 1.01. The molecule has 7 nitrogen and oxygen atoms in total. The Kier molecular flexibility index (Phi) is 6.01. The zero-order valence-corrected chi connectivity index (χ0v) is 21.8. The van der Waals surface area contributed by atoms with Gasteiger partial charge in [0.2, 0.25) is 10.1 Å². The smallest absolute Gasteiger partial charge is 0.253 e. The van der Waals surface area contributed by atoms with Gasteiger partial charge in [0.05, 0.1) is 0 Å². The van der Waals surface area contributed by atoms with Crippen LogP contribution in [-0.2, 0) is 0 Å². The number of piperazine rings is 1. The summed E-state index contributed by atoms with van der Waals surface area (Å²) < 4.78 is 1.94. The number of anilines is 2. The minimum absolute atomic E-state index is 0.0955. The molecule has 0 bridgehead atoms. The van der Waals surface area contributed by atoms with Crippen LogP contribution < -0.4 is 10.2 Å². The number of carbonyl (C=O) groups is 1. The standard InChI is InChI=1S/C27H32N6OS/c1-18-10-12-20(13-11-18)24(34)31-14-16-32(17-15-31)26-30-33-23(29-27(3,4)5)22(28-25(33)35-26)21-9-7-6-8-19(21)2/h6-13,29H,14-17H2,1-5H3. The number of aromatic nitrogens is 3. The number of hydrogen-bond donors (Lipinski definition) is 1. The van der Waals surface area contributed by atoms with E-state index in [1.807, 2.05) is 52.7 Å². The van der Waals surface area contributed by atoms with Crippen molar-refractivity contribution in [1.82, 2.24) is 19.5 Å². The molecule has 2 aromatic carbocycles. The first-order chi connectivity index (χ1) is 16.7. The summed E-state index contributed by atoms with van der Waals surface area (Å²) in [6.45, 7) is 13.4. The van der Waals surface area contributed by atoms with Gasteiger partial charge in [-0.05, 0) is 52.3 Å². The summed E-state index contributed by atoms with van der Waals surface area (Å²) in [7, 11) is 0. The Morgan fingerprint density at radius 1 is 0.971 bits per heavy atom. The number of aryl methyl sites for hydroxylation is 2. The number of imidazole rings is 1. The summed E-state index contributed by atoms with van der Waals surface area (Å²) in [5.41, 5.74) is 4.99. The lowest BCUT2D eigenvalue weighted by Crippen LogP contribution is -2.48. The van der Waals surface area contributed by atoms with Crippen LogP contribution in [0.3, 0.4) is 0 Å². The molecule has 3 heterocycles. The number of fused-ring (bicyclic) bond motifs is 1. The van der Waals surface area contributed by atoms with Crippen LogP contribution in [0.4, 0.5) is 10.9 Å². The van der Waals surface area contributed by atoms with E-state index in [-0.39, 0.29) is 11.4 Å². The van der Waals surface area contributed by atoms with Crippen molar-refractivity contribution in [3.05, 3.63) is 65.2 Å². The highest BCUT2D eigenvalue weighted by Crippen LogP contribution is 2.36. The maximum atomic E-state index is 12.9. The number of nitrogens with zero attached hydrogens (tertiary/aromatic N) is 5. The summed E-state index contributed by atoms with van der Waals surface area (Å²) in [6, 6.07) is 16.1. The number of rotatable bonds is 4. The van der Waals surface area contributed by atoms with Crippen molar-refractivity contribution in [2.45, 2.75) is 40.2 Å². The largest absolute Gasteiger partial charge is 0.364 e.